The van der Waals surface area contributed by atoms with Gasteiger partial charge in [-0.2, -0.15) is 0 Å². The highest BCUT2D eigenvalue weighted by atomic mass is 16.1. The Hall–Kier alpha value is -1.35. The number of hydrogen-bond donors (Lipinski definition) is 2. The van der Waals surface area contributed by atoms with Gasteiger partial charge in [-0.25, -0.2) is 0 Å². The van der Waals surface area contributed by atoms with Gasteiger partial charge >= 0.3 is 0 Å². The van der Waals surface area contributed by atoms with Crippen molar-refractivity contribution in [2.75, 3.05) is 13.1 Å². The first-order valence-electron chi connectivity index (χ1n) is 7.05. The number of aryl methyl sites for hydroxylation is 3. The maximum Gasteiger partial charge on any atom is 0.220 e. The average Bonchev–Trinajstić information content (AvgIpc) is 2.38. The van der Waals surface area contributed by atoms with E-state index in [1.54, 1.807) is 0 Å². The Morgan fingerprint density at radius 3 is 2.74 bits per heavy atom. The first-order valence-corrected chi connectivity index (χ1v) is 7.05. The molecule has 0 heterocycles. The van der Waals surface area contributed by atoms with Crippen molar-refractivity contribution >= 4 is 5.91 Å². The van der Waals surface area contributed by atoms with Crippen molar-refractivity contribution in [1.29, 1.82) is 0 Å². The van der Waals surface area contributed by atoms with Crippen LogP contribution in [0.1, 0.15) is 36.5 Å². The minimum atomic E-state index is 0.130. The number of carbonyl (C=O) groups excluding carboxylic acids is 1. The lowest BCUT2D eigenvalue weighted by Gasteiger charge is -2.10. The van der Waals surface area contributed by atoms with Crippen LogP contribution < -0.4 is 11.1 Å². The molecule has 3 heteroatoms. The molecule has 3 N–H and O–H groups in total. The number of rotatable bonds is 7. The Morgan fingerprint density at radius 2 is 2.11 bits per heavy atom. The summed E-state index contributed by atoms with van der Waals surface area (Å²) in [7, 11) is 0. The first kappa shape index (κ1) is 15.7. The van der Waals surface area contributed by atoms with Crippen LogP contribution >= 0.6 is 0 Å². The molecule has 0 saturated heterocycles. The summed E-state index contributed by atoms with van der Waals surface area (Å²) in [4.78, 5) is 11.6. The summed E-state index contributed by atoms with van der Waals surface area (Å²) in [6, 6.07) is 6.49. The second-order valence-electron chi connectivity index (χ2n) is 5.43. The number of nitrogens with two attached hydrogens (primary N) is 1. The third-order valence-electron chi connectivity index (χ3n) is 3.40. The lowest BCUT2D eigenvalue weighted by atomic mass is 10.0. The molecule has 1 unspecified atom stereocenters. The fraction of sp³-hybridized carbons (Fsp3) is 0.562. The molecule has 1 amide bonds. The minimum absolute atomic E-state index is 0.130. The Balaban J connectivity index is 2.28. The normalized spacial score (nSPS) is 12.2. The highest BCUT2D eigenvalue weighted by molar-refractivity contribution is 5.75. The molecule has 106 valence electrons. The molecule has 0 bridgehead atoms. The van der Waals surface area contributed by atoms with Crippen LogP contribution in [0, 0.1) is 19.8 Å². The molecule has 1 atom stereocenters. The third-order valence-corrected chi connectivity index (χ3v) is 3.40. The molecule has 1 rings (SSSR count). The monoisotopic (exact) mass is 262 g/mol. The fourth-order valence-electron chi connectivity index (χ4n) is 2.03. The molecule has 0 aliphatic carbocycles. The van der Waals surface area contributed by atoms with Crippen LogP contribution in [-0.4, -0.2) is 19.0 Å². The van der Waals surface area contributed by atoms with Gasteiger partial charge in [-0.15, -0.1) is 0 Å². The highest BCUT2D eigenvalue weighted by Crippen LogP contribution is 2.13. The summed E-state index contributed by atoms with van der Waals surface area (Å²) in [5.41, 5.74) is 9.46. The molecule has 3 nitrogen and oxygen atoms in total. The van der Waals surface area contributed by atoms with Gasteiger partial charge in [-0.3, -0.25) is 4.79 Å². The zero-order chi connectivity index (χ0) is 14.3. The molecule has 0 aliphatic rings. The van der Waals surface area contributed by atoms with Crippen molar-refractivity contribution in [3.63, 3.8) is 0 Å². The van der Waals surface area contributed by atoms with E-state index in [1.807, 2.05) is 6.92 Å². The fourth-order valence-corrected chi connectivity index (χ4v) is 2.03. The van der Waals surface area contributed by atoms with Gasteiger partial charge in [0.2, 0.25) is 5.91 Å². The molecule has 1 aromatic carbocycles. The second kappa shape index (κ2) is 7.95. The topological polar surface area (TPSA) is 55.1 Å². The van der Waals surface area contributed by atoms with E-state index in [0.29, 0.717) is 25.4 Å². The number of amides is 1. The van der Waals surface area contributed by atoms with Crippen molar-refractivity contribution in [2.45, 2.75) is 40.0 Å². The summed E-state index contributed by atoms with van der Waals surface area (Å²) < 4.78 is 0. The zero-order valence-electron chi connectivity index (χ0n) is 12.3. The van der Waals surface area contributed by atoms with E-state index in [2.05, 4.69) is 37.4 Å². The molecule has 0 aliphatic heterocycles. The summed E-state index contributed by atoms with van der Waals surface area (Å²) in [5, 5.41) is 2.92. The number of hydrogen-bond acceptors (Lipinski definition) is 2. The van der Waals surface area contributed by atoms with E-state index in [-0.39, 0.29) is 5.91 Å². The first-order chi connectivity index (χ1) is 9.02. The van der Waals surface area contributed by atoms with Gasteiger partial charge < -0.3 is 11.1 Å². The van der Waals surface area contributed by atoms with Gasteiger partial charge in [0.05, 0.1) is 0 Å². The van der Waals surface area contributed by atoms with Crippen LogP contribution in [0.5, 0.6) is 0 Å². The molecule has 19 heavy (non-hydrogen) atoms. The van der Waals surface area contributed by atoms with Crippen molar-refractivity contribution in [3.05, 3.63) is 34.9 Å². The molecule has 0 radical (unpaired) electrons. The van der Waals surface area contributed by atoms with E-state index < -0.39 is 0 Å². The van der Waals surface area contributed by atoms with E-state index in [0.717, 1.165) is 12.8 Å². The van der Waals surface area contributed by atoms with E-state index >= 15 is 0 Å². The lowest BCUT2D eigenvalue weighted by Crippen LogP contribution is -2.31. The highest BCUT2D eigenvalue weighted by Gasteiger charge is 2.05. The van der Waals surface area contributed by atoms with Crippen molar-refractivity contribution in [1.82, 2.24) is 5.32 Å². The van der Waals surface area contributed by atoms with Gasteiger partial charge in [-0.1, -0.05) is 30.7 Å². The predicted molar refractivity (Wildman–Crippen MR) is 80.1 cm³/mol. The van der Waals surface area contributed by atoms with Gasteiger partial charge in [0, 0.05) is 13.0 Å². The molecule has 0 saturated carbocycles. The standard InChI is InChI=1S/C16H26N2O/c1-12-7-8-15(14(3)9-12)5-4-6-16(19)18-11-13(2)10-17/h7-9,13H,4-6,10-11,17H2,1-3H3,(H,18,19). The van der Waals surface area contributed by atoms with Crippen molar-refractivity contribution in [2.24, 2.45) is 11.7 Å². The van der Waals surface area contributed by atoms with Crippen LogP contribution in [-0.2, 0) is 11.2 Å². The minimum Gasteiger partial charge on any atom is -0.356 e. The number of carbonyl (C=O) groups is 1. The Kier molecular flexibility index (Phi) is 6.57. The quantitative estimate of drug-likeness (QED) is 0.792. The molecule has 0 fully saturated rings. The molecule has 0 spiro atoms. The second-order valence-corrected chi connectivity index (χ2v) is 5.43. The zero-order valence-corrected chi connectivity index (χ0v) is 12.3. The summed E-state index contributed by atoms with van der Waals surface area (Å²) in [6.45, 7) is 7.56. The third kappa shape index (κ3) is 5.88. The van der Waals surface area contributed by atoms with Crippen LogP contribution in [0.3, 0.4) is 0 Å². The van der Waals surface area contributed by atoms with Crippen molar-refractivity contribution < 1.29 is 4.79 Å². The van der Waals surface area contributed by atoms with Crippen LogP contribution in [0.15, 0.2) is 18.2 Å². The number of nitrogens with one attached hydrogen (secondary N) is 1. The van der Waals surface area contributed by atoms with E-state index in [4.69, 9.17) is 5.73 Å². The summed E-state index contributed by atoms with van der Waals surface area (Å²) >= 11 is 0. The molecule has 1 aromatic rings. The van der Waals surface area contributed by atoms with Crippen LogP contribution in [0.4, 0.5) is 0 Å². The SMILES string of the molecule is Cc1ccc(CCCC(=O)NCC(C)CN)c(C)c1. The summed E-state index contributed by atoms with van der Waals surface area (Å²) in [5.74, 6) is 0.480. The van der Waals surface area contributed by atoms with Gasteiger partial charge in [0.1, 0.15) is 0 Å². The summed E-state index contributed by atoms with van der Waals surface area (Å²) in [6.07, 6.45) is 2.45. The van der Waals surface area contributed by atoms with Gasteiger partial charge in [0.15, 0.2) is 0 Å². The van der Waals surface area contributed by atoms with Crippen molar-refractivity contribution in [3.8, 4) is 0 Å². The maximum absolute atomic E-state index is 11.6. The molecular weight excluding hydrogens is 236 g/mol. The van der Waals surface area contributed by atoms with E-state index in [1.165, 1.54) is 16.7 Å². The Bertz CT molecular complexity index is 415. The Labute approximate surface area is 116 Å². The largest absolute Gasteiger partial charge is 0.356 e. The smallest absolute Gasteiger partial charge is 0.220 e. The van der Waals surface area contributed by atoms with Gasteiger partial charge in [0.25, 0.3) is 0 Å². The lowest BCUT2D eigenvalue weighted by molar-refractivity contribution is -0.121. The van der Waals surface area contributed by atoms with E-state index in [9.17, 15) is 4.79 Å². The Morgan fingerprint density at radius 1 is 1.37 bits per heavy atom. The average molecular weight is 262 g/mol. The maximum atomic E-state index is 11.6. The number of benzene rings is 1. The van der Waals surface area contributed by atoms with Gasteiger partial charge in [-0.05, 0) is 50.3 Å². The van der Waals surface area contributed by atoms with Crippen LogP contribution in [0.2, 0.25) is 0 Å². The van der Waals surface area contributed by atoms with Crippen LogP contribution in [0.25, 0.3) is 0 Å². The molecular formula is C16H26N2O. The predicted octanol–water partition coefficient (Wildman–Crippen LogP) is 2.34. The molecule has 0 aromatic heterocycles.